The Hall–Kier alpha value is -3.71. The number of hydrogen-bond acceptors (Lipinski definition) is 8. The van der Waals surface area contributed by atoms with E-state index in [4.69, 9.17) is 21.7 Å². The molecule has 1 aliphatic rings. The molecule has 0 spiro atoms. The number of carbonyl (C=O) groups is 5. The van der Waals surface area contributed by atoms with Crippen LogP contribution < -0.4 is 22.1 Å². The van der Waals surface area contributed by atoms with Gasteiger partial charge in [-0.1, -0.05) is 12.1 Å². The fraction of sp³-hybridized carbons (Fsp3) is 0.500. The molecule has 4 unspecified atom stereocenters. The quantitative estimate of drug-likeness (QED) is 0.164. The van der Waals surface area contributed by atoms with Crippen molar-refractivity contribution in [3.63, 3.8) is 0 Å². The minimum atomic E-state index is -1.60. The molecule has 1 aromatic rings. The number of amides is 4. The number of phenols is 1. The van der Waals surface area contributed by atoms with Crippen molar-refractivity contribution in [2.75, 3.05) is 13.2 Å². The highest BCUT2D eigenvalue weighted by Gasteiger charge is 2.38. The van der Waals surface area contributed by atoms with E-state index in [0.717, 1.165) is 5.56 Å². The van der Waals surface area contributed by atoms with Crippen LogP contribution in [0.4, 0.5) is 0 Å². The molecule has 192 valence electrons. The molecular formula is C22H31N5O8. The maximum Gasteiger partial charge on any atom is 0.328 e. The predicted molar refractivity (Wildman–Crippen MR) is 122 cm³/mol. The van der Waals surface area contributed by atoms with E-state index in [9.17, 15) is 29.1 Å². The molecule has 0 aromatic heterocycles. The molecular weight excluding hydrogens is 462 g/mol. The van der Waals surface area contributed by atoms with Gasteiger partial charge in [-0.3, -0.25) is 19.2 Å². The van der Waals surface area contributed by atoms with Crippen molar-refractivity contribution in [3.05, 3.63) is 29.8 Å². The van der Waals surface area contributed by atoms with E-state index in [1.807, 2.05) is 0 Å². The summed E-state index contributed by atoms with van der Waals surface area (Å²) in [6.45, 7) is -0.592. The maximum absolute atomic E-state index is 13.0. The van der Waals surface area contributed by atoms with Crippen LogP contribution in [0.15, 0.2) is 24.3 Å². The smallest absolute Gasteiger partial charge is 0.328 e. The number of aliphatic hydroxyl groups excluding tert-OH is 1. The van der Waals surface area contributed by atoms with Crippen LogP contribution in [-0.4, -0.2) is 87.1 Å². The van der Waals surface area contributed by atoms with E-state index in [1.165, 1.54) is 17.0 Å². The summed E-state index contributed by atoms with van der Waals surface area (Å²) in [5, 5.41) is 32.1. The Morgan fingerprint density at radius 3 is 2.31 bits per heavy atom. The molecule has 1 heterocycles. The highest BCUT2D eigenvalue weighted by atomic mass is 16.4. The van der Waals surface area contributed by atoms with Crippen LogP contribution >= 0.6 is 0 Å². The van der Waals surface area contributed by atoms with Gasteiger partial charge in [0.2, 0.25) is 23.6 Å². The summed E-state index contributed by atoms with van der Waals surface area (Å²) in [4.78, 5) is 62.2. The standard InChI is InChI=1S/C22H31N5O8/c23-14(10-12-3-5-13(29)6-4-12)21(33)27-9-1-2-17(27)20(32)25-15(7-8-18(24)30)19(31)26-16(11-28)22(34)35/h3-6,14-17,28-29H,1-2,7-11,23H2,(H2,24,30)(H,25,32)(H,26,31)(H,34,35). The third-order valence-corrected chi connectivity index (χ3v) is 5.66. The first-order valence-electron chi connectivity index (χ1n) is 11.1. The summed E-state index contributed by atoms with van der Waals surface area (Å²) in [5.74, 6) is -4.16. The van der Waals surface area contributed by atoms with Crippen molar-refractivity contribution in [1.82, 2.24) is 15.5 Å². The Morgan fingerprint density at radius 2 is 1.74 bits per heavy atom. The zero-order valence-electron chi connectivity index (χ0n) is 19.1. The van der Waals surface area contributed by atoms with Gasteiger partial charge in [-0.25, -0.2) is 4.79 Å². The first-order chi connectivity index (χ1) is 16.5. The summed E-state index contributed by atoms with van der Waals surface area (Å²) in [7, 11) is 0. The van der Waals surface area contributed by atoms with Gasteiger partial charge in [-0.15, -0.1) is 0 Å². The average molecular weight is 494 g/mol. The second-order valence-electron chi connectivity index (χ2n) is 8.31. The summed E-state index contributed by atoms with van der Waals surface area (Å²) in [6, 6.07) is 1.45. The highest BCUT2D eigenvalue weighted by molar-refractivity contribution is 5.94. The molecule has 0 aliphatic carbocycles. The molecule has 1 aromatic carbocycles. The average Bonchev–Trinajstić information content (AvgIpc) is 3.30. The lowest BCUT2D eigenvalue weighted by Crippen LogP contribution is -2.57. The lowest BCUT2D eigenvalue weighted by molar-refractivity contribution is -0.144. The number of hydrogen-bond donors (Lipinski definition) is 7. The third kappa shape index (κ3) is 7.93. The van der Waals surface area contributed by atoms with Crippen molar-refractivity contribution < 1.29 is 39.3 Å². The van der Waals surface area contributed by atoms with Crippen molar-refractivity contribution >= 4 is 29.6 Å². The second-order valence-corrected chi connectivity index (χ2v) is 8.31. The molecule has 9 N–H and O–H groups in total. The molecule has 4 atom stereocenters. The van der Waals surface area contributed by atoms with E-state index < -0.39 is 60.4 Å². The van der Waals surface area contributed by atoms with E-state index in [2.05, 4.69) is 10.6 Å². The van der Waals surface area contributed by atoms with E-state index >= 15 is 0 Å². The number of nitrogens with one attached hydrogen (secondary N) is 2. The van der Waals surface area contributed by atoms with Crippen LogP contribution in [0.1, 0.15) is 31.2 Å². The largest absolute Gasteiger partial charge is 0.508 e. The molecule has 13 heteroatoms. The number of likely N-dealkylation sites (tertiary alicyclic amines) is 1. The lowest BCUT2D eigenvalue weighted by atomic mass is 10.0. The number of primary amides is 1. The molecule has 0 saturated carbocycles. The molecule has 2 rings (SSSR count). The van der Waals surface area contributed by atoms with Crippen molar-refractivity contribution in [1.29, 1.82) is 0 Å². The summed E-state index contributed by atoms with van der Waals surface area (Å²) < 4.78 is 0. The number of aliphatic carboxylic acids is 1. The van der Waals surface area contributed by atoms with Gasteiger partial charge >= 0.3 is 5.97 Å². The topological polar surface area (TPSA) is 225 Å². The Labute approximate surface area is 201 Å². The van der Waals surface area contributed by atoms with Crippen LogP contribution in [0.5, 0.6) is 5.75 Å². The maximum atomic E-state index is 13.0. The Morgan fingerprint density at radius 1 is 1.09 bits per heavy atom. The Balaban J connectivity index is 2.08. The molecule has 0 radical (unpaired) electrons. The van der Waals surface area contributed by atoms with Gasteiger partial charge in [-0.2, -0.15) is 0 Å². The monoisotopic (exact) mass is 493 g/mol. The number of aliphatic hydroxyl groups is 1. The fourth-order valence-corrected chi connectivity index (χ4v) is 3.77. The molecule has 35 heavy (non-hydrogen) atoms. The number of carboxylic acid groups (broad SMARTS) is 1. The number of nitrogens with zero attached hydrogens (tertiary/aromatic N) is 1. The van der Waals surface area contributed by atoms with Gasteiger partial charge < -0.3 is 42.3 Å². The Bertz CT molecular complexity index is 938. The van der Waals surface area contributed by atoms with Gasteiger partial charge in [0.15, 0.2) is 0 Å². The van der Waals surface area contributed by atoms with Crippen LogP contribution in [0, 0.1) is 0 Å². The van der Waals surface area contributed by atoms with Gasteiger partial charge in [0.05, 0.1) is 12.6 Å². The highest BCUT2D eigenvalue weighted by Crippen LogP contribution is 2.20. The molecule has 0 bridgehead atoms. The van der Waals surface area contributed by atoms with Gasteiger partial charge in [0.25, 0.3) is 0 Å². The number of rotatable bonds is 12. The zero-order valence-corrected chi connectivity index (χ0v) is 19.1. The minimum absolute atomic E-state index is 0.0773. The van der Waals surface area contributed by atoms with Gasteiger partial charge in [-0.05, 0) is 43.4 Å². The number of carboxylic acids is 1. The zero-order chi connectivity index (χ0) is 26.1. The van der Waals surface area contributed by atoms with Gasteiger partial charge in [0.1, 0.15) is 23.9 Å². The summed E-state index contributed by atoms with van der Waals surface area (Å²) >= 11 is 0. The normalized spacial score (nSPS) is 17.8. The number of carbonyl (C=O) groups excluding carboxylic acids is 4. The van der Waals surface area contributed by atoms with Crippen LogP contribution in [0.3, 0.4) is 0 Å². The molecule has 1 saturated heterocycles. The first kappa shape index (κ1) is 27.5. The first-order valence-corrected chi connectivity index (χ1v) is 11.1. The van der Waals surface area contributed by atoms with E-state index in [1.54, 1.807) is 12.1 Å². The number of phenolic OH excluding ortho intramolecular Hbond substituents is 1. The minimum Gasteiger partial charge on any atom is -0.508 e. The Kier molecular flexibility index (Phi) is 9.97. The third-order valence-electron chi connectivity index (χ3n) is 5.66. The molecule has 13 nitrogen and oxygen atoms in total. The van der Waals surface area contributed by atoms with Crippen LogP contribution in [0.25, 0.3) is 0 Å². The number of aromatic hydroxyl groups is 1. The molecule has 1 aliphatic heterocycles. The molecule has 1 fully saturated rings. The van der Waals surface area contributed by atoms with E-state index in [0.29, 0.717) is 12.8 Å². The number of nitrogens with two attached hydrogens (primary N) is 2. The van der Waals surface area contributed by atoms with Gasteiger partial charge in [0, 0.05) is 13.0 Å². The summed E-state index contributed by atoms with van der Waals surface area (Å²) in [6.07, 6.45) is 0.568. The SMILES string of the molecule is NC(=O)CCC(NC(=O)C1CCCN1C(=O)C(N)Cc1ccc(O)cc1)C(=O)NC(CO)C(=O)O. The van der Waals surface area contributed by atoms with Crippen LogP contribution in [-0.2, 0) is 30.4 Å². The van der Waals surface area contributed by atoms with Crippen molar-refractivity contribution in [3.8, 4) is 5.75 Å². The fourth-order valence-electron chi connectivity index (χ4n) is 3.77. The van der Waals surface area contributed by atoms with Crippen LogP contribution in [0.2, 0.25) is 0 Å². The summed E-state index contributed by atoms with van der Waals surface area (Å²) in [5.41, 5.74) is 11.9. The van der Waals surface area contributed by atoms with Crippen molar-refractivity contribution in [2.45, 2.75) is 56.3 Å². The molecule has 4 amide bonds. The predicted octanol–water partition coefficient (Wildman–Crippen LogP) is -2.43. The van der Waals surface area contributed by atoms with Crippen molar-refractivity contribution in [2.24, 2.45) is 11.5 Å². The van der Waals surface area contributed by atoms with E-state index in [-0.39, 0.29) is 31.6 Å². The second kappa shape index (κ2) is 12.7. The lowest BCUT2D eigenvalue weighted by Gasteiger charge is -2.28. The number of benzene rings is 1.